The highest BCUT2D eigenvalue weighted by Gasteiger charge is 2.05. The van der Waals surface area contributed by atoms with Crippen molar-refractivity contribution in [1.29, 1.82) is 0 Å². The van der Waals surface area contributed by atoms with Crippen LogP contribution in [0.5, 0.6) is 0 Å². The molecular formula is C10H18N2O. The molecule has 1 heterocycles. The molecule has 0 saturated heterocycles. The van der Waals surface area contributed by atoms with Crippen LogP contribution in [0, 0.1) is 0 Å². The summed E-state index contributed by atoms with van der Waals surface area (Å²) < 4.78 is 2.18. The Balaban J connectivity index is 2.65. The molecule has 0 spiro atoms. The van der Waals surface area contributed by atoms with Gasteiger partial charge in [0.2, 0.25) is 0 Å². The molecule has 0 aliphatic rings. The molecule has 3 nitrogen and oxygen atoms in total. The van der Waals surface area contributed by atoms with Gasteiger partial charge in [0.25, 0.3) is 0 Å². The molecule has 1 atom stereocenters. The highest BCUT2D eigenvalue weighted by atomic mass is 16.2. The molecule has 0 aliphatic carbocycles. The number of aromatic nitrogens is 1. The van der Waals surface area contributed by atoms with Crippen molar-refractivity contribution in [2.24, 2.45) is 5.73 Å². The third-order valence-electron chi connectivity index (χ3n) is 2.27. The number of rotatable bonds is 5. The van der Waals surface area contributed by atoms with Crippen LogP contribution in [0.3, 0.4) is 0 Å². The molecule has 1 rings (SSSR count). The minimum Gasteiger partial charge on any atom is -0.396 e. The van der Waals surface area contributed by atoms with Crippen LogP contribution in [-0.2, 0) is 6.42 Å². The van der Waals surface area contributed by atoms with Crippen LogP contribution < -0.4 is 5.73 Å². The van der Waals surface area contributed by atoms with Gasteiger partial charge in [-0.05, 0) is 31.9 Å². The second-order valence-electron chi connectivity index (χ2n) is 3.32. The molecule has 0 radical (unpaired) electrons. The predicted octanol–water partition coefficient (Wildman–Crippen LogP) is 0.933. The maximum atomic E-state index is 8.72. The predicted molar refractivity (Wildman–Crippen MR) is 53.6 cm³/mol. The van der Waals surface area contributed by atoms with Gasteiger partial charge < -0.3 is 15.4 Å². The Morgan fingerprint density at radius 2 is 2.38 bits per heavy atom. The molecule has 0 aromatic carbocycles. The lowest BCUT2D eigenvalue weighted by Gasteiger charge is -2.15. The van der Waals surface area contributed by atoms with Crippen LogP contribution >= 0.6 is 0 Å². The lowest BCUT2D eigenvalue weighted by atomic mass is 10.2. The van der Waals surface area contributed by atoms with Gasteiger partial charge in [0, 0.05) is 31.1 Å². The van der Waals surface area contributed by atoms with Crippen LogP contribution in [0.1, 0.15) is 25.1 Å². The van der Waals surface area contributed by atoms with Gasteiger partial charge >= 0.3 is 0 Å². The normalized spacial score (nSPS) is 13.2. The third kappa shape index (κ3) is 2.57. The molecule has 13 heavy (non-hydrogen) atoms. The van der Waals surface area contributed by atoms with Crippen molar-refractivity contribution in [3.63, 3.8) is 0 Å². The fraction of sp³-hybridized carbons (Fsp3) is 0.600. The summed E-state index contributed by atoms with van der Waals surface area (Å²) in [7, 11) is 0. The van der Waals surface area contributed by atoms with Crippen molar-refractivity contribution in [3.8, 4) is 0 Å². The topological polar surface area (TPSA) is 51.2 Å². The van der Waals surface area contributed by atoms with E-state index in [9.17, 15) is 0 Å². The Hall–Kier alpha value is -0.800. The zero-order valence-corrected chi connectivity index (χ0v) is 8.11. The maximum absolute atomic E-state index is 8.72. The van der Waals surface area contributed by atoms with Crippen LogP contribution in [0.25, 0.3) is 0 Å². The van der Waals surface area contributed by atoms with Crippen molar-refractivity contribution < 1.29 is 5.11 Å². The van der Waals surface area contributed by atoms with Gasteiger partial charge in [-0.25, -0.2) is 0 Å². The average molecular weight is 182 g/mol. The summed E-state index contributed by atoms with van der Waals surface area (Å²) in [4.78, 5) is 0. The molecule has 0 aliphatic heterocycles. The summed E-state index contributed by atoms with van der Waals surface area (Å²) in [5, 5.41) is 8.72. The van der Waals surface area contributed by atoms with Crippen LogP contribution in [-0.4, -0.2) is 22.8 Å². The first-order valence-electron chi connectivity index (χ1n) is 4.76. The van der Waals surface area contributed by atoms with Gasteiger partial charge in [0.1, 0.15) is 0 Å². The van der Waals surface area contributed by atoms with E-state index in [4.69, 9.17) is 10.8 Å². The molecule has 0 fully saturated rings. The average Bonchev–Trinajstić information content (AvgIpc) is 2.61. The number of hydrogen-bond acceptors (Lipinski definition) is 2. The SMILES string of the molecule is CC(CN)n1cccc1CCCO. The van der Waals surface area contributed by atoms with E-state index in [1.54, 1.807) is 0 Å². The van der Waals surface area contributed by atoms with E-state index in [-0.39, 0.29) is 6.61 Å². The first-order chi connectivity index (χ1) is 6.29. The van der Waals surface area contributed by atoms with Gasteiger partial charge in [0.15, 0.2) is 0 Å². The smallest absolute Gasteiger partial charge is 0.0434 e. The number of nitrogens with two attached hydrogens (primary N) is 1. The summed E-state index contributed by atoms with van der Waals surface area (Å²) in [5.41, 5.74) is 6.85. The van der Waals surface area contributed by atoms with E-state index in [0.717, 1.165) is 12.8 Å². The standard InChI is InChI=1S/C10H18N2O/c1-9(8-11)12-6-2-4-10(12)5-3-7-13/h2,4,6,9,13H,3,5,7-8,11H2,1H3. The number of aliphatic hydroxyl groups excluding tert-OH is 1. The summed E-state index contributed by atoms with van der Waals surface area (Å²) in [6.45, 7) is 3.01. The highest BCUT2D eigenvalue weighted by Crippen LogP contribution is 2.11. The monoisotopic (exact) mass is 182 g/mol. The van der Waals surface area contributed by atoms with Gasteiger partial charge in [-0.2, -0.15) is 0 Å². The molecule has 1 unspecified atom stereocenters. The lowest BCUT2D eigenvalue weighted by molar-refractivity contribution is 0.287. The molecule has 3 heteroatoms. The molecular weight excluding hydrogens is 164 g/mol. The van der Waals surface area contributed by atoms with Crippen molar-refractivity contribution in [2.45, 2.75) is 25.8 Å². The first kappa shape index (κ1) is 10.3. The van der Waals surface area contributed by atoms with Crippen LogP contribution in [0.4, 0.5) is 0 Å². The lowest BCUT2D eigenvalue weighted by Crippen LogP contribution is -2.17. The maximum Gasteiger partial charge on any atom is 0.0434 e. The minimum absolute atomic E-state index is 0.252. The Kier molecular flexibility index (Phi) is 3.99. The van der Waals surface area contributed by atoms with Crippen LogP contribution in [0.15, 0.2) is 18.3 Å². The van der Waals surface area contributed by atoms with E-state index in [0.29, 0.717) is 12.6 Å². The second-order valence-corrected chi connectivity index (χ2v) is 3.32. The molecule has 0 bridgehead atoms. The summed E-state index contributed by atoms with van der Waals surface area (Å²) in [5.74, 6) is 0. The molecule has 3 N–H and O–H groups in total. The van der Waals surface area contributed by atoms with E-state index in [2.05, 4.69) is 17.6 Å². The Labute approximate surface area is 79.2 Å². The number of hydrogen-bond donors (Lipinski definition) is 2. The van der Waals surface area contributed by atoms with Crippen molar-refractivity contribution >= 4 is 0 Å². The second kappa shape index (κ2) is 5.04. The van der Waals surface area contributed by atoms with Gasteiger partial charge in [-0.15, -0.1) is 0 Å². The molecule has 1 aromatic heterocycles. The zero-order valence-electron chi connectivity index (χ0n) is 8.11. The Morgan fingerprint density at radius 1 is 1.62 bits per heavy atom. The number of nitrogens with zero attached hydrogens (tertiary/aromatic N) is 1. The van der Waals surface area contributed by atoms with Crippen molar-refractivity contribution in [1.82, 2.24) is 4.57 Å². The van der Waals surface area contributed by atoms with Gasteiger partial charge in [0.05, 0.1) is 0 Å². The van der Waals surface area contributed by atoms with Gasteiger partial charge in [-0.1, -0.05) is 0 Å². The third-order valence-corrected chi connectivity index (χ3v) is 2.27. The first-order valence-corrected chi connectivity index (χ1v) is 4.76. The van der Waals surface area contributed by atoms with Gasteiger partial charge in [-0.3, -0.25) is 0 Å². The fourth-order valence-electron chi connectivity index (χ4n) is 1.44. The largest absolute Gasteiger partial charge is 0.396 e. The van der Waals surface area contributed by atoms with E-state index in [1.807, 2.05) is 12.3 Å². The highest BCUT2D eigenvalue weighted by molar-refractivity contribution is 5.08. The molecule has 0 amide bonds. The number of aliphatic hydroxyl groups is 1. The van der Waals surface area contributed by atoms with E-state index < -0.39 is 0 Å². The Morgan fingerprint density at radius 3 is 3.00 bits per heavy atom. The van der Waals surface area contributed by atoms with Crippen molar-refractivity contribution in [2.75, 3.05) is 13.2 Å². The van der Waals surface area contributed by atoms with E-state index in [1.165, 1.54) is 5.69 Å². The summed E-state index contributed by atoms with van der Waals surface area (Å²) >= 11 is 0. The molecule has 74 valence electrons. The zero-order chi connectivity index (χ0) is 9.68. The van der Waals surface area contributed by atoms with Crippen molar-refractivity contribution in [3.05, 3.63) is 24.0 Å². The minimum atomic E-state index is 0.252. The summed E-state index contributed by atoms with van der Waals surface area (Å²) in [6, 6.07) is 4.46. The quantitative estimate of drug-likeness (QED) is 0.712. The fourth-order valence-corrected chi connectivity index (χ4v) is 1.44. The van der Waals surface area contributed by atoms with E-state index >= 15 is 0 Å². The molecule has 1 aromatic rings. The molecule has 0 saturated carbocycles. The van der Waals surface area contributed by atoms with Crippen LogP contribution in [0.2, 0.25) is 0 Å². The summed E-state index contributed by atoms with van der Waals surface area (Å²) in [6.07, 6.45) is 3.79. The number of aryl methyl sites for hydroxylation is 1. The Bertz CT molecular complexity index is 245.